The van der Waals surface area contributed by atoms with Gasteiger partial charge in [-0.15, -0.1) is 0 Å². The molecule has 0 saturated heterocycles. The largest absolute Gasteiger partial charge is 0.481 e. The number of esters is 3. The van der Waals surface area contributed by atoms with Crippen molar-refractivity contribution in [1.29, 1.82) is 0 Å². The molecule has 0 unspecified atom stereocenters. The average molecular weight is 781 g/mol. The highest BCUT2D eigenvalue weighted by atomic mass is 16.6. The fourth-order valence-electron chi connectivity index (χ4n) is 6.62. The summed E-state index contributed by atoms with van der Waals surface area (Å²) in [6.07, 6.45) is 3.17. The van der Waals surface area contributed by atoms with Gasteiger partial charge in [0.25, 0.3) is 0 Å². The number of rotatable bonds is 9. The van der Waals surface area contributed by atoms with Crippen LogP contribution < -0.4 is 14.2 Å². The van der Waals surface area contributed by atoms with E-state index in [1.54, 1.807) is 74.4 Å². The van der Waals surface area contributed by atoms with E-state index in [0.29, 0.717) is 50.6 Å². The normalized spacial score (nSPS) is 14.5. The number of Topliss-reactive ketones (excluding diaryl/α,β-unsaturated/α-hetero) is 1. The number of carbonyl (C=O) groups excluding carboxylic acids is 5. The second-order valence-electron chi connectivity index (χ2n) is 17.1. The number of fused-ring (bicyclic) bond motifs is 8. The number of para-hydroxylation sites is 3. The van der Waals surface area contributed by atoms with Gasteiger partial charge in [-0.1, -0.05) is 54.6 Å². The van der Waals surface area contributed by atoms with Crippen LogP contribution in [0.4, 0.5) is 0 Å². The first-order chi connectivity index (χ1) is 26.6. The van der Waals surface area contributed by atoms with Gasteiger partial charge in [-0.05, 0) is 108 Å². The van der Waals surface area contributed by atoms with Crippen molar-refractivity contribution < 1.29 is 52.4 Å². The molecule has 2 aliphatic rings. The van der Waals surface area contributed by atoms with Crippen molar-refractivity contribution in [3.63, 3.8) is 0 Å². The Kier molecular flexibility index (Phi) is 12.8. The van der Waals surface area contributed by atoms with Gasteiger partial charge in [-0.25, -0.2) is 14.4 Å². The molecule has 11 nitrogen and oxygen atoms in total. The van der Waals surface area contributed by atoms with Gasteiger partial charge in [0.1, 0.15) is 34.1 Å². The summed E-state index contributed by atoms with van der Waals surface area (Å²) in [4.78, 5) is 66.1. The third-order valence-corrected chi connectivity index (χ3v) is 8.54. The Morgan fingerprint density at radius 3 is 0.982 bits per heavy atom. The SMILES string of the molecule is CC(C)(C)OC(=O)COc1c2cccc1Cc1cccc(c1OCC(=O)OC(C)(C)C)Cc1cccc(c1OCC(=O)OC(C)(C)C)CC1=CC(=O)C=C(C2)C1=O. The fraction of sp³-hybridized carbons (Fsp3) is 0.413. The molecule has 3 aromatic rings. The Hall–Kier alpha value is -5.71. The van der Waals surface area contributed by atoms with Gasteiger partial charge >= 0.3 is 17.9 Å². The molecule has 0 fully saturated rings. The van der Waals surface area contributed by atoms with E-state index in [2.05, 4.69) is 0 Å². The number of hydrogen-bond donors (Lipinski definition) is 0. The lowest BCUT2D eigenvalue weighted by molar-refractivity contribution is -0.158. The van der Waals surface area contributed by atoms with E-state index in [1.165, 1.54) is 12.2 Å². The minimum absolute atomic E-state index is 0.0312. The van der Waals surface area contributed by atoms with E-state index in [9.17, 15) is 24.0 Å². The number of hydrogen-bond acceptors (Lipinski definition) is 11. The Labute approximate surface area is 334 Å². The first-order valence-electron chi connectivity index (χ1n) is 19.0. The first-order valence-corrected chi connectivity index (χ1v) is 19.0. The fourth-order valence-corrected chi connectivity index (χ4v) is 6.62. The molecule has 11 heteroatoms. The molecule has 0 atom stereocenters. The predicted octanol–water partition coefficient (Wildman–Crippen LogP) is 7.13. The third-order valence-electron chi connectivity index (χ3n) is 8.54. The van der Waals surface area contributed by atoms with Crippen molar-refractivity contribution >= 4 is 29.5 Å². The maximum Gasteiger partial charge on any atom is 0.344 e. The van der Waals surface area contributed by atoms with Crippen molar-refractivity contribution in [2.24, 2.45) is 0 Å². The molecular formula is C46H52O11. The van der Waals surface area contributed by atoms with Crippen molar-refractivity contribution in [1.82, 2.24) is 0 Å². The van der Waals surface area contributed by atoms with Crippen LogP contribution in [0.25, 0.3) is 0 Å². The average Bonchev–Trinajstić information content (AvgIpc) is 3.06. The minimum Gasteiger partial charge on any atom is -0.481 e. The molecule has 8 bridgehead atoms. The van der Waals surface area contributed by atoms with Gasteiger partial charge in [0.15, 0.2) is 31.4 Å². The summed E-state index contributed by atoms with van der Waals surface area (Å²) in [6.45, 7) is 14.7. The van der Waals surface area contributed by atoms with Gasteiger partial charge in [-0.3, -0.25) is 9.59 Å². The summed E-state index contributed by atoms with van der Waals surface area (Å²) in [6, 6.07) is 16.6. The summed E-state index contributed by atoms with van der Waals surface area (Å²) in [5.74, 6) is -1.21. The number of ether oxygens (including phenoxy) is 6. The van der Waals surface area contributed by atoms with Gasteiger partial charge in [0.2, 0.25) is 0 Å². The Morgan fingerprint density at radius 1 is 0.456 bits per heavy atom. The van der Waals surface area contributed by atoms with E-state index in [0.717, 1.165) is 0 Å². The van der Waals surface area contributed by atoms with Crippen LogP contribution in [-0.2, 0) is 63.9 Å². The van der Waals surface area contributed by atoms with Crippen LogP contribution in [0.1, 0.15) is 95.7 Å². The molecule has 0 spiro atoms. The highest BCUT2D eigenvalue weighted by Crippen LogP contribution is 2.37. The molecule has 0 saturated carbocycles. The first kappa shape index (κ1) is 42.4. The van der Waals surface area contributed by atoms with Crippen molar-refractivity contribution in [3.8, 4) is 17.2 Å². The van der Waals surface area contributed by atoms with Gasteiger partial charge in [-0.2, -0.15) is 0 Å². The van der Waals surface area contributed by atoms with Gasteiger partial charge in [0, 0.05) is 36.8 Å². The molecule has 2 aliphatic carbocycles. The lowest BCUT2D eigenvalue weighted by Crippen LogP contribution is -2.28. The quantitative estimate of drug-likeness (QED) is 0.124. The maximum absolute atomic E-state index is 14.1. The third kappa shape index (κ3) is 12.1. The van der Waals surface area contributed by atoms with Crippen molar-refractivity contribution in [2.75, 3.05) is 19.8 Å². The van der Waals surface area contributed by atoms with Crippen molar-refractivity contribution in [3.05, 3.63) is 111 Å². The topological polar surface area (TPSA) is 141 Å². The van der Waals surface area contributed by atoms with Crippen LogP contribution in [0.5, 0.6) is 17.2 Å². The predicted molar refractivity (Wildman–Crippen MR) is 213 cm³/mol. The lowest BCUT2D eigenvalue weighted by atomic mass is 9.86. The van der Waals surface area contributed by atoms with Crippen LogP contribution in [0.3, 0.4) is 0 Å². The van der Waals surface area contributed by atoms with E-state index < -0.39 is 47.9 Å². The summed E-state index contributed by atoms with van der Waals surface area (Å²) in [7, 11) is 0. The van der Waals surface area contributed by atoms with E-state index in [-0.39, 0.29) is 55.0 Å². The highest BCUT2D eigenvalue weighted by molar-refractivity contribution is 6.20. The zero-order chi connectivity index (χ0) is 41.7. The van der Waals surface area contributed by atoms with E-state index in [4.69, 9.17) is 28.4 Å². The van der Waals surface area contributed by atoms with Crippen LogP contribution in [0.15, 0.2) is 77.9 Å². The second-order valence-corrected chi connectivity index (χ2v) is 17.1. The van der Waals surface area contributed by atoms with E-state index in [1.807, 2.05) is 42.5 Å². The van der Waals surface area contributed by atoms with Crippen LogP contribution in [0, 0.1) is 0 Å². The molecule has 0 amide bonds. The zero-order valence-electron chi connectivity index (χ0n) is 34.3. The van der Waals surface area contributed by atoms with Crippen LogP contribution in [0.2, 0.25) is 0 Å². The Morgan fingerprint density at radius 2 is 0.719 bits per heavy atom. The van der Waals surface area contributed by atoms with Crippen molar-refractivity contribution in [2.45, 2.75) is 105 Å². The molecule has 5 rings (SSSR count). The van der Waals surface area contributed by atoms with Gasteiger partial charge in [0.05, 0.1) is 0 Å². The Balaban J connectivity index is 1.66. The molecule has 3 aromatic carbocycles. The summed E-state index contributed by atoms with van der Waals surface area (Å²) >= 11 is 0. The number of carbonyl (C=O) groups is 5. The summed E-state index contributed by atoms with van der Waals surface area (Å²) in [5, 5.41) is 0. The number of ketones is 2. The molecule has 0 aliphatic heterocycles. The lowest BCUT2D eigenvalue weighted by Gasteiger charge is -2.24. The highest BCUT2D eigenvalue weighted by Gasteiger charge is 2.28. The molecule has 0 radical (unpaired) electrons. The molecule has 57 heavy (non-hydrogen) atoms. The zero-order valence-corrected chi connectivity index (χ0v) is 34.3. The molecule has 0 aromatic heterocycles. The van der Waals surface area contributed by atoms with Gasteiger partial charge < -0.3 is 28.4 Å². The maximum atomic E-state index is 14.1. The molecule has 0 heterocycles. The summed E-state index contributed by atoms with van der Waals surface area (Å²) < 4.78 is 35.4. The number of benzene rings is 3. The molecule has 302 valence electrons. The van der Waals surface area contributed by atoms with Crippen LogP contribution in [-0.4, -0.2) is 66.1 Å². The standard InChI is InChI=1S/C46H52O11/c1-44(2,3)55-37(48)25-52-41-28-13-10-14-29(41)20-31-16-12-18-33(43(31)54-27-39(50)57-46(7,8)9)22-35-24-36(47)23-34(40(35)51)21-32-17-11-15-30(19-28)42(32)53-26-38(49)56-45(4,5)6/h10-18,23-24H,19-22,25-27H2,1-9H3. The smallest absolute Gasteiger partial charge is 0.344 e. The second kappa shape index (κ2) is 17.2. The molecular weight excluding hydrogens is 728 g/mol. The van der Waals surface area contributed by atoms with Crippen LogP contribution >= 0.6 is 0 Å². The summed E-state index contributed by atoms with van der Waals surface area (Å²) in [5.41, 5.74) is 2.16. The van der Waals surface area contributed by atoms with E-state index >= 15 is 0 Å². The molecule has 0 N–H and O–H groups in total. The number of allylic oxidation sites excluding steroid dienone is 4. The minimum atomic E-state index is -0.740. The monoisotopic (exact) mass is 780 g/mol. The Bertz CT molecular complexity index is 1990.